The number of aromatic nitrogens is 4. The molecule has 7 nitrogen and oxygen atoms in total. The van der Waals surface area contributed by atoms with E-state index >= 15 is 0 Å². The molecule has 0 bridgehead atoms. The lowest BCUT2D eigenvalue weighted by Gasteiger charge is -2.16. The van der Waals surface area contributed by atoms with Gasteiger partial charge in [0.25, 0.3) is 0 Å². The number of aliphatic hydroxyl groups is 1. The van der Waals surface area contributed by atoms with E-state index in [-0.39, 0.29) is 25.2 Å². The molecule has 1 aromatic carbocycles. The average molecular weight is 422 g/mol. The van der Waals surface area contributed by atoms with Gasteiger partial charge in [0.2, 0.25) is 5.95 Å². The second-order valence-electron chi connectivity index (χ2n) is 7.30. The largest absolute Gasteiger partial charge is 0.416 e. The predicted octanol–water partition coefficient (Wildman–Crippen LogP) is 4.22. The first-order valence-electron chi connectivity index (χ1n) is 9.74. The van der Waals surface area contributed by atoms with Crippen molar-refractivity contribution >= 4 is 22.9 Å². The van der Waals surface area contributed by atoms with Gasteiger partial charge in [-0.3, -0.25) is 0 Å². The highest BCUT2D eigenvalue weighted by Gasteiger charge is 2.30. The summed E-state index contributed by atoms with van der Waals surface area (Å²) < 4.78 is 40.8. The fourth-order valence-electron chi connectivity index (χ4n) is 2.99. The minimum atomic E-state index is -4.40. The lowest BCUT2D eigenvalue weighted by Crippen LogP contribution is -2.24. The molecular formula is C20H25F3N6O. The standard InChI is InChI=1S/C20H25F3N6O/c1-4-15(10-30)26-19-27-17(16-18(28-19)29(11-25-16)12(2)3)24-9-13-6-5-7-14(8-13)20(21,22)23/h5-8,11-12,15,30H,4,9-10H2,1-3H3,(H2,24,26,27,28)/t15-/m1/s1. The van der Waals surface area contributed by atoms with Gasteiger partial charge in [0.1, 0.15) is 0 Å². The van der Waals surface area contributed by atoms with Crippen molar-refractivity contribution in [2.24, 2.45) is 0 Å². The monoisotopic (exact) mass is 422 g/mol. The van der Waals surface area contributed by atoms with Crippen LogP contribution in [0.5, 0.6) is 0 Å². The van der Waals surface area contributed by atoms with E-state index in [1.54, 1.807) is 12.4 Å². The third-order valence-corrected chi connectivity index (χ3v) is 4.74. The van der Waals surface area contributed by atoms with Crippen LogP contribution in [-0.4, -0.2) is 37.3 Å². The van der Waals surface area contributed by atoms with Crippen LogP contribution in [0.25, 0.3) is 11.2 Å². The molecule has 30 heavy (non-hydrogen) atoms. The first-order chi connectivity index (χ1) is 14.2. The molecule has 0 saturated carbocycles. The zero-order chi connectivity index (χ0) is 21.9. The lowest BCUT2D eigenvalue weighted by atomic mass is 10.1. The third kappa shape index (κ3) is 4.81. The molecule has 10 heteroatoms. The molecule has 0 aliphatic rings. The maximum atomic E-state index is 13.0. The third-order valence-electron chi connectivity index (χ3n) is 4.74. The molecule has 0 radical (unpaired) electrons. The van der Waals surface area contributed by atoms with Gasteiger partial charge in [0.05, 0.1) is 24.5 Å². The van der Waals surface area contributed by atoms with Crippen molar-refractivity contribution in [3.8, 4) is 0 Å². The van der Waals surface area contributed by atoms with E-state index in [0.717, 1.165) is 12.1 Å². The first kappa shape index (κ1) is 21.8. The summed E-state index contributed by atoms with van der Waals surface area (Å²) in [5.41, 5.74) is 0.895. The molecular weight excluding hydrogens is 397 g/mol. The van der Waals surface area contributed by atoms with Gasteiger partial charge < -0.3 is 20.3 Å². The molecule has 0 unspecified atom stereocenters. The average Bonchev–Trinajstić information content (AvgIpc) is 3.14. The molecule has 0 spiro atoms. The molecule has 0 aliphatic carbocycles. The van der Waals surface area contributed by atoms with Gasteiger partial charge in [0, 0.05) is 12.6 Å². The molecule has 0 fully saturated rings. The number of aliphatic hydroxyl groups excluding tert-OH is 1. The van der Waals surface area contributed by atoms with E-state index in [4.69, 9.17) is 0 Å². The van der Waals surface area contributed by atoms with Crippen molar-refractivity contribution in [2.75, 3.05) is 17.2 Å². The van der Waals surface area contributed by atoms with Gasteiger partial charge in [-0.25, -0.2) is 4.98 Å². The number of imidazole rings is 1. The van der Waals surface area contributed by atoms with Crippen molar-refractivity contribution in [3.63, 3.8) is 0 Å². The van der Waals surface area contributed by atoms with E-state index in [2.05, 4.69) is 25.6 Å². The molecule has 0 amide bonds. The fraction of sp³-hybridized carbons (Fsp3) is 0.450. The number of benzene rings is 1. The van der Waals surface area contributed by atoms with Crippen LogP contribution in [0.4, 0.5) is 24.9 Å². The SMILES string of the molecule is CC[C@H](CO)Nc1nc(NCc2cccc(C(F)(F)F)c2)c2ncn(C(C)C)c2n1. The Bertz CT molecular complexity index is 998. The van der Waals surface area contributed by atoms with Crippen molar-refractivity contribution < 1.29 is 18.3 Å². The van der Waals surface area contributed by atoms with Gasteiger partial charge >= 0.3 is 6.18 Å². The van der Waals surface area contributed by atoms with Crippen LogP contribution in [0.3, 0.4) is 0 Å². The quantitative estimate of drug-likeness (QED) is 0.504. The summed E-state index contributed by atoms with van der Waals surface area (Å²) in [5.74, 6) is 0.726. The maximum absolute atomic E-state index is 13.0. The Morgan fingerprint density at radius 1 is 1.20 bits per heavy atom. The summed E-state index contributed by atoms with van der Waals surface area (Å²) in [4.78, 5) is 13.4. The molecule has 2 aromatic heterocycles. The van der Waals surface area contributed by atoms with E-state index in [0.29, 0.717) is 34.9 Å². The summed E-state index contributed by atoms with van der Waals surface area (Å²) in [6.45, 7) is 5.98. The summed E-state index contributed by atoms with van der Waals surface area (Å²) in [6.07, 6.45) is -2.06. The number of fused-ring (bicyclic) bond motifs is 1. The number of hydrogen-bond acceptors (Lipinski definition) is 6. The van der Waals surface area contributed by atoms with Gasteiger partial charge in [0.15, 0.2) is 17.0 Å². The van der Waals surface area contributed by atoms with E-state index < -0.39 is 11.7 Å². The van der Waals surface area contributed by atoms with Crippen molar-refractivity contribution in [1.29, 1.82) is 0 Å². The molecule has 0 saturated heterocycles. The van der Waals surface area contributed by atoms with E-state index in [1.807, 2.05) is 25.3 Å². The van der Waals surface area contributed by atoms with Crippen molar-refractivity contribution in [3.05, 3.63) is 41.7 Å². The number of nitrogens with zero attached hydrogens (tertiary/aromatic N) is 4. The normalized spacial score (nSPS) is 13.1. The molecule has 162 valence electrons. The predicted molar refractivity (Wildman–Crippen MR) is 109 cm³/mol. The van der Waals surface area contributed by atoms with Crippen LogP contribution in [-0.2, 0) is 12.7 Å². The number of hydrogen-bond donors (Lipinski definition) is 3. The van der Waals surface area contributed by atoms with Crippen LogP contribution < -0.4 is 10.6 Å². The molecule has 0 aliphatic heterocycles. The van der Waals surface area contributed by atoms with Gasteiger partial charge in [-0.1, -0.05) is 19.1 Å². The summed E-state index contributed by atoms with van der Waals surface area (Å²) in [6, 6.07) is 5.03. The lowest BCUT2D eigenvalue weighted by molar-refractivity contribution is -0.137. The van der Waals surface area contributed by atoms with Gasteiger partial charge in [-0.05, 0) is 38.0 Å². The number of alkyl halides is 3. The zero-order valence-electron chi connectivity index (χ0n) is 17.0. The van der Waals surface area contributed by atoms with E-state index in [1.165, 1.54) is 6.07 Å². The highest BCUT2D eigenvalue weighted by Crippen LogP contribution is 2.30. The van der Waals surface area contributed by atoms with Crippen LogP contribution in [0.2, 0.25) is 0 Å². The Morgan fingerprint density at radius 3 is 2.60 bits per heavy atom. The first-order valence-corrected chi connectivity index (χ1v) is 9.74. The van der Waals surface area contributed by atoms with E-state index in [9.17, 15) is 18.3 Å². The minimum Gasteiger partial charge on any atom is -0.394 e. The molecule has 1 atom stereocenters. The van der Waals surface area contributed by atoms with Crippen LogP contribution in [0.1, 0.15) is 44.4 Å². The highest BCUT2D eigenvalue weighted by atomic mass is 19.4. The molecule has 3 aromatic rings. The summed E-state index contributed by atoms with van der Waals surface area (Å²) >= 11 is 0. The van der Waals surface area contributed by atoms with Crippen LogP contribution in [0.15, 0.2) is 30.6 Å². The Labute approximate surface area is 172 Å². The Balaban J connectivity index is 1.94. The fourth-order valence-corrected chi connectivity index (χ4v) is 2.99. The molecule has 2 heterocycles. The minimum absolute atomic E-state index is 0.0751. The van der Waals surface area contributed by atoms with Crippen LogP contribution >= 0.6 is 0 Å². The smallest absolute Gasteiger partial charge is 0.394 e. The second kappa shape index (κ2) is 8.86. The van der Waals surface area contributed by atoms with Crippen molar-refractivity contribution in [1.82, 2.24) is 19.5 Å². The number of halogens is 3. The zero-order valence-corrected chi connectivity index (χ0v) is 17.0. The second-order valence-corrected chi connectivity index (χ2v) is 7.30. The molecule has 3 rings (SSSR count). The number of nitrogens with one attached hydrogen (secondary N) is 2. The maximum Gasteiger partial charge on any atom is 0.416 e. The summed E-state index contributed by atoms with van der Waals surface area (Å²) in [5, 5.41) is 15.7. The highest BCUT2D eigenvalue weighted by molar-refractivity contribution is 5.84. The Hall–Kier alpha value is -2.88. The molecule has 3 N–H and O–H groups in total. The van der Waals surface area contributed by atoms with Gasteiger partial charge in [-0.15, -0.1) is 0 Å². The van der Waals surface area contributed by atoms with Crippen molar-refractivity contribution in [2.45, 2.75) is 52.0 Å². The Morgan fingerprint density at radius 2 is 1.97 bits per heavy atom. The number of anilines is 2. The van der Waals surface area contributed by atoms with Gasteiger partial charge in [-0.2, -0.15) is 23.1 Å². The summed E-state index contributed by atoms with van der Waals surface area (Å²) in [7, 11) is 0. The van der Waals surface area contributed by atoms with Crippen LogP contribution in [0, 0.1) is 0 Å². The topological polar surface area (TPSA) is 87.9 Å². The Kier molecular flexibility index (Phi) is 6.45. The number of rotatable bonds is 8.